The molecule has 2 aliphatic rings. The van der Waals surface area contributed by atoms with Gasteiger partial charge in [-0.15, -0.1) is 11.3 Å². The number of carboxylic acid groups (broad SMARTS) is 1. The SMILES string of the molecule is N#Cc1ccc(-c2ccc(CC(NC(=O)C3Cc4cc5c(cc4CN3S(=O)(=O)c3cccs3)OC(c3ccc(OCc4ccc(Cl)c(Cl)c4)cc3)C(=O)N5)C(=O)O)cc2)cc1. The van der Waals surface area contributed by atoms with E-state index in [-0.39, 0.29) is 30.2 Å². The minimum atomic E-state index is -4.23. The van der Waals surface area contributed by atoms with E-state index >= 15 is 0 Å². The highest BCUT2D eigenvalue weighted by Gasteiger charge is 2.42. The number of carbonyl (C=O) groups is 3. The maximum absolute atomic E-state index is 14.1. The lowest BCUT2D eigenvalue weighted by Crippen LogP contribution is -2.55. The summed E-state index contributed by atoms with van der Waals surface area (Å²) in [5.41, 5.74) is 5.77. The maximum Gasteiger partial charge on any atom is 0.326 e. The van der Waals surface area contributed by atoms with Crippen LogP contribution >= 0.6 is 34.5 Å². The summed E-state index contributed by atoms with van der Waals surface area (Å²) in [6.07, 6.45) is -1.20. The predicted molar refractivity (Wildman–Crippen MR) is 230 cm³/mol. The Balaban J connectivity index is 1.000. The summed E-state index contributed by atoms with van der Waals surface area (Å²) < 4.78 is 41.5. The molecule has 0 saturated heterocycles. The highest BCUT2D eigenvalue weighted by atomic mass is 35.5. The predicted octanol–water partition coefficient (Wildman–Crippen LogP) is 8.17. The van der Waals surface area contributed by atoms with Crippen molar-refractivity contribution in [2.45, 2.75) is 48.4 Å². The van der Waals surface area contributed by atoms with Gasteiger partial charge in [-0.25, -0.2) is 13.2 Å². The molecule has 1 aromatic heterocycles. The Morgan fingerprint density at radius 3 is 2.30 bits per heavy atom. The van der Waals surface area contributed by atoms with E-state index in [0.29, 0.717) is 55.0 Å². The summed E-state index contributed by atoms with van der Waals surface area (Å²) in [6.45, 7) is 0.0244. The summed E-state index contributed by atoms with van der Waals surface area (Å²) in [5, 5.41) is 27.3. The summed E-state index contributed by atoms with van der Waals surface area (Å²) >= 11 is 13.1. The third-order valence-corrected chi connectivity index (χ3v) is 14.4. The molecule has 3 N–H and O–H groups in total. The second kappa shape index (κ2) is 17.4. The fourth-order valence-corrected chi connectivity index (χ4v) is 10.2. The number of halogens is 2. The number of ether oxygens (including phenoxy) is 2. The largest absolute Gasteiger partial charge is 0.489 e. The monoisotopic (exact) mass is 892 g/mol. The van der Waals surface area contributed by atoms with Gasteiger partial charge in [-0.1, -0.05) is 83.9 Å². The van der Waals surface area contributed by atoms with E-state index in [1.807, 2.05) is 30.3 Å². The van der Waals surface area contributed by atoms with Crippen LogP contribution in [0.15, 0.2) is 125 Å². The fraction of sp³-hybridized carbons (Fsp3) is 0.156. The average Bonchev–Trinajstić information content (AvgIpc) is 3.82. The van der Waals surface area contributed by atoms with Gasteiger partial charge in [-0.3, -0.25) is 9.59 Å². The first kappa shape index (κ1) is 41.5. The number of nitrogens with zero attached hydrogens (tertiary/aromatic N) is 2. The number of sulfonamides is 1. The van der Waals surface area contributed by atoms with E-state index in [1.165, 1.54) is 6.07 Å². The van der Waals surface area contributed by atoms with Crippen molar-refractivity contribution in [2.24, 2.45) is 0 Å². The first-order valence-electron chi connectivity index (χ1n) is 18.8. The molecule has 3 unspecified atom stereocenters. The number of hydrogen-bond donors (Lipinski definition) is 3. The molecule has 0 spiro atoms. The molecule has 16 heteroatoms. The standard InChI is InChI=1S/C45H34Cl2N4O8S2/c46-35-16-7-28(18-36(35)47)25-58-34-14-12-31(13-15-34)42-44(53)49-37-20-32-21-39(51(24-33(32)22-40(37)59-42)61(56,57)41-2-1-17-60-41)43(52)50-38(45(54)55)19-26-3-8-29(9-4-26)30-10-5-27(23-48)6-11-30/h1-18,20,22,38-39,42H,19,21,24-25H2,(H,49,53)(H,50,52)(H,54,55). The van der Waals surface area contributed by atoms with Crippen molar-refractivity contribution in [3.63, 3.8) is 0 Å². The first-order chi connectivity index (χ1) is 29.4. The van der Waals surface area contributed by atoms with Gasteiger partial charge in [0.05, 0.1) is 27.4 Å². The van der Waals surface area contributed by atoms with Gasteiger partial charge in [-0.2, -0.15) is 9.57 Å². The zero-order valence-corrected chi connectivity index (χ0v) is 35.0. The van der Waals surface area contributed by atoms with Crippen molar-refractivity contribution < 1.29 is 37.4 Å². The number of nitrogens with one attached hydrogen (secondary N) is 2. The number of anilines is 1. The van der Waals surface area contributed by atoms with Gasteiger partial charge < -0.3 is 25.2 Å². The lowest BCUT2D eigenvalue weighted by Gasteiger charge is -2.36. The lowest BCUT2D eigenvalue weighted by molar-refractivity contribution is -0.142. The van der Waals surface area contributed by atoms with Gasteiger partial charge in [0.25, 0.3) is 15.9 Å². The van der Waals surface area contributed by atoms with Gasteiger partial charge in [-0.05, 0) is 99.8 Å². The number of fused-ring (bicyclic) bond motifs is 2. The van der Waals surface area contributed by atoms with Crippen molar-refractivity contribution in [3.05, 3.63) is 164 Å². The second-order valence-electron chi connectivity index (χ2n) is 14.4. The molecule has 3 atom stereocenters. The van der Waals surface area contributed by atoms with Crippen molar-refractivity contribution in [3.8, 4) is 28.7 Å². The Bertz CT molecular complexity index is 2800. The van der Waals surface area contributed by atoms with Crippen LogP contribution in [0.25, 0.3) is 11.1 Å². The Morgan fingerprint density at radius 1 is 0.934 bits per heavy atom. The Hall–Kier alpha value is -6.21. The number of hydrogen-bond acceptors (Lipinski definition) is 9. The highest BCUT2D eigenvalue weighted by molar-refractivity contribution is 7.91. The smallest absolute Gasteiger partial charge is 0.326 e. The molecule has 2 aliphatic heterocycles. The summed E-state index contributed by atoms with van der Waals surface area (Å²) in [6, 6.07) is 32.1. The molecule has 12 nitrogen and oxygen atoms in total. The van der Waals surface area contributed by atoms with Crippen molar-refractivity contribution >= 4 is 68.0 Å². The van der Waals surface area contributed by atoms with E-state index < -0.39 is 46.0 Å². The van der Waals surface area contributed by atoms with Crippen LogP contribution in [-0.2, 0) is 50.4 Å². The van der Waals surface area contributed by atoms with Crippen LogP contribution in [0.1, 0.15) is 39.5 Å². The minimum absolute atomic E-state index is 0.0248. The van der Waals surface area contributed by atoms with Gasteiger partial charge >= 0.3 is 5.97 Å². The zero-order chi connectivity index (χ0) is 42.8. The number of aliphatic carboxylic acids is 1. The quantitative estimate of drug-likeness (QED) is 0.109. The number of nitriles is 1. The highest BCUT2D eigenvalue weighted by Crippen LogP contribution is 2.41. The third-order valence-electron chi connectivity index (χ3n) is 10.4. The molecule has 3 heterocycles. The molecule has 61 heavy (non-hydrogen) atoms. The summed E-state index contributed by atoms with van der Waals surface area (Å²) in [4.78, 5) is 40.1. The number of carboxylic acids is 1. The molecular weight excluding hydrogens is 860 g/mol. The number of carbonyl (C=O) groups excluding carboxylic acids is 2. The van der Waals surface area contributed by atoms with Crippen LogP contribution in [0.4, 0.5) is 5.69 Å². The zero-order valence-electron chi connectivity index (χ0n) is 31.9. The minimum Gasteiger partial charge on any atom is -0.489 e. The molecule has 0 fully saturated rings. The van der Waals surface area contributed by atoms with Gasteiger partial charge in [0.15, 0.2) is 0 Å². The molecule has 0 radical (unpaired) electrons. The molecule has 8 rings (SSSR count). The number of benzene rings is 5. The Labute approximate surface area is 364 Å². The molecule has 5 aromatic carbocycles. The molecule has 0 aliphatic carbocycles. The topological polar surface area (TPSA) is 175 Å². The first-order valence-corrected chi connectivity index (χ1v) is 21.9. The van der Waals surface area contributed by atoms with Crippen LogP contribution in [0.2, 0.25) is 10.0 Å². The van der Waals surface area contributed by atoms with E-state index in [4.69, 9.17) is 37.9 Å². The third kappa shape index (κ3) is 8.97. The Morgan fingerprint density at radius 2 is 1.64 bits per heavy atom. The van der Waals surface area contributed by atoms with E-state index in [0.717, 1.165) is 32.3 Å². The van der Waals surface area contributed by atoms with Crippen LogP contribution in [0.5, 0.6) is 11.5 Å². The lowest BCUT2D eigenvalue weighted by atomic mass is 9.93. The Kier molecular flexibility index (Phi) is 11.9. The number of rotatable bonds is 12. The van der Waals surface area contributed by atoms with Gasteiger partial charge in [0, 0.05) is 18.5 Å². The molecule has 0 bridgehead atoms. The normalized spacial score (nSPS) is 16.5. The molecule has 2 amide bonds. The molecule has 308 valence electrons. The number of amides is 2. The fourth-order valence-electron chi connectivity index (χ4n) is 7.20. The van der Waals surface area contributed by atoms with Crippen LogP contribution in [0.3, 0.4) is 0 Å². The average molecular weight is 894 g/mol. The van der Waals surface area contributed by atoms with E-state index in [9.17, 15) is 27.9 Å². The van der Waals surface area contributed by atoms with Crippen molar-refractivity contribution in [1.29, 1.82) is 5.26 Å². The van der Waals surface area contributed by atoms with Crippen LogP contribution in [-0.4, -0.2) is 47.7 Å². The van der Waals surface area contributed by atoms with Gasteiger partial charge in [0.2, 0.25) is 12.0 Å². The number of thiophene rings is 1. The van der Waals surface area contributed by atoms with Crippen LogP contribution in [0, 0.1) is 11.3 Å². The van der Waals surface area contributed by atoms with E-state index in [1.54, 1.807) is 84.2 Å². The maximum atomic E-state index is 14.1. The molecule has 6 aromatic rings. The summed E-state index contributed by atoms with van der Waals surface area (Å²) in [5.74, 6) is -1.64. The van der Waals surface area contributed by atoms with Crippen molar-refractivity contribution in [1.82, 2.24) is 9.62 Å². The second-order valence-corrected chi connectivity index (χ2v) is 18.3. The molecular formula is C45H34Cl2N4O8S2. The van der Waals surface area contributed by atoms with Gasteiger partial charge in [0.1, 0.15) is 34.4 Å². The van der Waals surface area contributed by atoms with Crippen molar-refractivity contribution in [2.75, 3.05) is 5.32 Å². The van der Waals surface area contributed by atoms with E-state index in [2.05, 4.69) is 16.7 Å². The summed E-state index contributed by atoms with van der Waals surface area (Å²) in [7, 11) is -4.23. The molecule has 0 saturated carbocycles. The van der Waals surface area contributed by atoms with Crippen LogP contribution < -0.4 is 20.1 Å².